The number of benzene rings is 3. The number of rotatable bonds is 5. The maximum atomic E-state index is 13.3. The Morgan fingerprint density at radius 1 is 0.812 bits per heavy atom. The van der Waals surface area contributed by atoms with Gasteiger partial charge in [0.2, 0.25) is 5.78 Å². The molecule has 1 N–H and O–H groups in total. The number of fused-ring (bicyclic) bond motifs is 1. The number of hydrogen-bond acceptors (Lipinski definition) is 4. The Bertz CT molecular complexity index is 1240. The SMILES string of the molecule is CC(F)(F)Oc1ccc(C2=C(NC(=O)c3ccccc3)C(=O)c3ccccc3C2=O)cc1. The van der Waals surface area contributed by atoms with Crippen molar-refractivity contribution in [2.45, 2.75) is 13.0 Å². The molecule has 1 aliphatic carbocycles. The van der Waals surface area contributed by atoms with Gasteiger partial charge in [0, 0.05) is 23.6 Å². The van der Waals surface area contributed by atoms with Crippen LogP contribution in [0.25, 0.3) is 5.57 Å². The molecule has 3 aromatic rings. The van der Waals surface area contributed by atoms with Crippen LogP contribution in [0.15, 0.2) is 84.6 Å². The summed E-state index contributed by atoms with van der Waals surface area (Å²) in [4.78, 5) is 39.3. The maximum Gasteiger partial charge on any atom is 0.394 e. The minimum atomic E-state index is -3.37. The van der Waals surface area contributed by atoms with E-state index in [4.69, 9.17) is 0 Å². The van der Waals surface area contributed by atoms with Crippen molar-refractivity contribution >= 4 is 23.0 Å². The molecular weight excluding hydrogens is 416 g/mol. The smallest absolute Gasteiger partial charge is 0.394 e. The molecule has 32 heavy (non-hydrogen) atoms. The van der Waals surface area contributed by atoms with Crippen molar-refractivity contribution in [1.82, 2.24) is 5.32 Å². The number of Topliss-reactive ketones (excluding diaryl/α,β-unsaturated/α-hetero) is 2. The average molecular weight is 433 g/mol. The van der Waals surface area contributed by atoms with Crippen molar-refractivity contribution in [3.05, 3.63) is 107 Å². The molecule has 0 bridgehead atoms. The van der Waals surface area contributed by atoms with Gasteiger partial charge in [-0.2, -0.15) is 8.78 Å². The van der Waals surface area contributed by atoms with Crippen molar-refractivity contribution in [2.24, 2.45) is 0 Å². The first kappa shape index (κ1) is 21.1. The molecule has 0 radical (unpaired) electrons. The molecule has 4 rings (SSSR count). The summed E-state index contributed by atoms with van der Waals surface area (Å²) in [6.07, 6.45) is -3.37. The van der Waals surface area contributed by atoms with Gasteiger partial charge in [0.25, 0.3) is 5.91 Å². The predicted molar refractivity (Wildman–Crippen MR) is 114 cm³/mol. The van der Waals surface area contributed by atoms with Gasteiger partial charge in [0.15, 0.2) is 5.78 Å². The van der Waals surface area contributed by atoms with Gasteiger partial charge < -0.3 is 10.1 Å². The Morgan fingerprint density at radius 3 is 1.97 bits per heavy atom. The molecule has 0 saturated carbocycles. The minimum absolute atomic E-state index is 0.0206. The van der Waals surface area contributed by atoms with Crippen molar-refractivity contribution in [1.29, 1.82) is 0 Å². The molecule has 7 heteroatoms. The number of carbonyl (C=O) groups excluding carboxylic acids is 3. The summed E-state index contributed by atoms with van der Waals surface area (Å²) in [5.41, 5.74) is 0.783. The van der Waals surface area contributed by atoms with Gasteiger partial charge in [-0.1, -0.05) is 54.6 Å². The summed E-state index contributed by atoms with van der Waals surface area (Å²) >= 11 is 0. The Balaban J connectivity index is 1.80. The van der Waals surface area contributed by atoms with Gasteiger partial charge >= 0.3 is 6.11 Å². The Morgan fingerprint density at radius 2 is 1.38 bits per heavy atom. The van der Waals surface area contributed by atoms with Crippen LogP contribution in [0.3, 0.4) is 0 Å². The highest BCUT2D eigenvalue weighted by molar-refractivity contribution is 6.41. The standard InChI is InChI=1S/C25H17F2NO4/c1-25(26,27)32-17-13-11-15(12-14-17)20-21(28-24(31)16-7-3-2-4-8-16)23(30)19-10-6-5-9-18(19)22(20)29/h2-14H,1H3,(H,28,31). The molecule has 5 nitrogen and oxygen atoms in total. The number of ether oxygens (including phenoxy) is 1. The fourth-order valence-corrected chi connectivity index (χ4v) is 3.44. The van der Waals surface area contributed by atoms with Crippen LogP contribution >= 0.6 is 0 Å². The van der Waals surface area contributed by atoms with Crippen molar-refractivity contribution < 1.29 is 27.9 Å². The van der Waals surface area contributed by atoms with Crippen molar-refractivity contribution in [3.63, 3.8) is 0 Å². The summed E-state index contributed by atoms with van der Waals surface area (Å²) in [5.74, 6) is -1.63. The zero-order chi connectivity index (χ0) is 22.9. The summed E-state index contributed by atoms with van der Waals surface area (Å²) in [6, 6.07) is 19.9. The average Bonchev–Trinajstić information content (AvgIpc) is 2.78. The molecule has 1 aliphatic rings. The lowest BCUT2D eigenvalue weighted by molar-refractivity contribution is -0.158. The molecular formula is C25H17F2NO4. The first-order valence-corrected chi connectivity index (χ1v) is 9.71. The second-order valence-corrected chi connectivity index (χ2v) is 7.21. The van der Waals surface area contributed by atoms with E-state index in [0.717, 1.165) is 0 Å². The first-order chi connectivity index (χ1) is 15.2. The summed E-state index contributed by atoms with van der Waals surface area (Å²) in [7, 11) is 0. The lowest BCUT2D eigenvalue weighted by Gasteiger charge is -2.22. The molecule has 0 spiro atoms. The molecule has 160 valence electrons. The number of carbonyl (C=O) groups is 3. The highest BCUT2D eigenvalue weighted by Gasteiger charge is 2.34. The number of alkyl halides is 2. The molecule has 0 atom stereocenters. The fourth-order valence-electron chi connectivity index (χ4n) is 3.44. The quantitative estimate of drug-likeness (QED) is 0.621. The van der Waals surface area contributed by atoms with Gasteiger partial charge in [0.1, 0.15) is 11.4 Å². The van der Waals surface area contributed by atoms with E-state index in [1.807, 2.05) is 0 Å². The second kappa shape index (κ2) is 8.19. The van der Waals surface area contributed by atoms with Gasteiger partial charge in [-0.05, 0) is 29.8 Å². The van der Waals surface area contributed by atoms with Gasteiger partial charge in [0.05, 0.1) is 5.57 Å². The highest BCUT2D eigenvalue weighted by Crippen LogP contribution is 2.33. The Kier molecular flexibility index (Phi) is 5.40. The maximum absolute atomic E-state index is 13.3. The Hall–Kier alpha value is -4.13. The predicted octanol–water partition coefficient (Wildman–Crippen LogP) is 4.90. The summed E-state index contributed by atoms with van der Waals surface area (Å²) in [5, 5.41) is 2.58. The summed E-state index contributed by atoms with van der Waals surface area (Å²) < 4.78 is 30.8. The number of nitrogens with one attached hydrogen (secondary N) is 1. The minimum Gasteiger partial charge on any atom is -0.433 e. The molecule has 0 unspecified atom stereocenters. The number of hydrogen-bond donors (Lipinski definition) is 1. The normalized spacial score (nSPS) is 13.6. The number of amides is 1. The van der Waals surface area contributed by atoms with Gasteiger partial charge in [-0.15, -0.1) is 0 Å². The van der Waals surface area contributed by atoms with Crippen LogP contribution in [0.5, 0.6) is 5.75 Å². The van der Waals surface area contributed by atoms with Crippen LogP contribution < -0.4 is 10.1 Å². The van der Waals surface area contributed by atoms with Crippen LogP contribution in [0.4, 0.5) is 8.78 Å². The Labute approximate surface area is 182 Å². The van der Waals surface area contributed by atoms with Crippen LogP contribution in [0, 0.1) is 0 Å². The molecule has 1 amide bonds. The zero-order valence-corrected chi connectivity index (χ0v) is 16.9. The molecule has 0 aromatic heterocycles. The molecule has 0 fully saturated rings. The monoisotopic (exact) mass is 433 g/mol. The zero-order valence-electron chi connectivity index (χ0n) is 16.9. The van der Waals surface area contributed by atoms with E-state index in [2.05, 4.69) is 10.1 Å². The van der Waals surface area contributed by atoms with Crippen molar-refractivity contribution in [2.75, 3.05) is 0 Å². The van der Waals surface area contributed by atoms with E-state index in [0.29, 0.717) is 12.5 Å². The van der Waals surface area contributed by atoms with E-state index >= 15 is 0 Å². The fraction of sp³-hybridized carbons (Fsp3) is 0.0800. The van der Waals surface area contributed by atoms with Crippen molar-refractivity contribution in [3.8, 4) is 5.75 Å². The van der Waals surface area contributed by atoms with Crippen LogP contribution in [0.1, 0.15) is 43.6 Å². The summed E-state index contributed by atoms with van der Waals surface area (Å²) in [6.45, 7) is 0.612. The van der Waals surface area contributed by atoms with Crippen LogP contribution in [0.2, 0.25) is 0 Å². The first-order valence-electron chi connectivity index (χ1n) is 9.71. The number of halogens is 2. The van der Waals surface area contributed by atoms with Crippen LogP contribution in [-0.2, 0) is 0 Å². The topological polar surface area (TPSA) is 72.5 Å². The highest BCUT2D eigenvalue weighted by atomic mass is 19.3. The second-order valence-electron chi connectivity index (χ2n) is 7.21. The molecule has 3 aromatic carbocycles. The van der Waals surface area contributed by atoms with E-state index in [1.165, 1.54) is 36.4 Å². The van der Waals surface area contributed by atoms with E-state index < -0.39 is 23.6 Å². The molecule has 0 heterocycles. The van der Waals surface area contributed by atoms with Crippen LogP contribution in [-0.4, -0.2) is 23.6 Å². The third kappa shape index (κ3) is 4.18. The third-order valence-electron chi connectivity index (χ3n) is 4.84. The van der Waals surface area contributed by atoms with Gasteiger partial charge in [-0.3, -0.25) is 14.4 Å². The number of allylic oxidation sites excluding steroid dienone is 2. The third-order valence-corrected chi connectivity index (χ3v) is 4.84. The lowest BCUT2D eigenvalue weighted by atomic mass is 9.84. The van der Waals surface area contributed by atoms with E-state index in [-0.39, 0.29) is 33.7 Å². The largest absolute Gasteiger partial charge is 0.433 e. The number of ketones is 2. The van der Waals surface area contributed by atoms with E-state index in [9.17, 15) is 23.2 Å². The van der Waals surface area contributed by atoms with E-state index in [1.54, 1.807) is 42.5 Å². The lowest BCUT2D eigenvalue weighted by Crippen LogP contribution is -2.33. The molecule has 0 saturated heterocycles. The van der Waals surface area contributed by atoms with Gasteiger partial charge in [-0.25, -0.2) is 0 Å². The molecule has 0 aliphatic heterocycles.